The van der Waals surface area contributed by atoms with Crippen molar-refractivity contribution in [3.8, 4) is 0 Å². The van der Waals surface area contributed by atoms with Gasteiger partial charge in [-0.25, -0.2) is 4.98 Å². The number of nitrogens with one attached hydrogen (secondary N) is 1. The Bertz CT molecular complexity index is 493. The molecule has 3 heterocycles. The Labute approximate surface area is 103 Å². The highest BCUT2D eigenvalue weighted by Crippen LogP contribution is 2.36. The fraction of sp³-hybridized carbons (Fsp3) is 0.545. The van der Waals surface area contributed by atoms with Crippen molar-refractivity contribution in [1.82, 2.24) is 4.98 Å². The summed E-state index contributed by atoms with van der Waals surface area (Å²) in [5, 5.41) is 13.9. The van der Waals surface area contributed by atoms with Gasteiger partial charge in [-0.3, -0.25) is 10.1 Å². The van der Waals surface area contributed by atoms with Gasteiger partial charge in [-0.05, 0) is 25.3 Å². The molecular weight excluding hydrogens is 236 g/mol. The Morgan fingerprint density at radius 1 is 1.50 bits per heavy atom. The highest BCUT2D eigenvalue weighted by atomic mass is 16.6. The van der Waals surface area contributed by atoms with Gasteiger partial charge in [-0.1, -0.05) is 0 Å². The largest absolute Gasteiger partial charge is 0.378 e. The molecule has 1 aromatic rings. The van der Waals surface area contributed by atoms with Crippen molar-refractivity contribution in [2.45, 2.75) is 37.5 Å². The van der Waals surface area contributed by atoms with E-state index >= 15 is 0 Å². The highest BCUT2D eigenvalue weighted by Gasteiger charge is 2.40. The van der Waals surface area contributed by atoms with Gasteiger partial charge in [-0.15, -0.1) is 0 Å². The number of ether oxygens (including phenoxy) is 1. The lowest BCUT2D eigenvalue weighted by Gasteiger charge is -2.20. The van der Waals surface area contributed by atoms with E-state index in [0.717, 1.165) is 19.3 Å². The van der Waals surface area contributed by atoms with Gasteiger partial charge in [0.15, 0.2) is 0 Å². The summed E-state index contributed by atoms with van der Waals surface area (Å²) in [6.07, 6.45) is 3.73. The van der Waals surface area contributed by atoms with Crippen molar-refractivity contribution >= 4 is 17.3 Å². The van der Waals surface area contributed by atoms with Gasteiger partial charge in [0.05, 0.1) is 23.2 Å². The third-order valence-electron chi connectivity index (χ3n) is 3.54. The zero-order valence-corrected chi connectivity index (χ0v) is 9.70. The average Bonchev–Trinajstić information content (AvgIpc) is 2.90. The second kappa shape index (κ2) is 4.09. The van der Waals surface area contributed by atoms with Crippen LogP contribution >= 0.6 is 0 Å². The van der Waals surface area contributed by atoms with E-state index < -0.39 is 4.92 Å². The molecule has 0 aromatic carbocycles. The maximum atomic E-state index is 10.6. The lowest BCUT2D eigenvalue weighted by molar-refractivity contribution is -0.384. The van der Waals surface area contributed by atoms with Gasteiger partial charge in [-0.2, -0.15) is 0 Å². The summed E-state index contributed by atoms with van der Waals surface area (Å²) in [5.74, 6) is 0.508. The van der Waals surface area contributed by atoms with Gasteiger partial charge in [0.25, 0.3) is 0 Å². The van der Waals surface area contributed by atoms with E-state index in [4.69, 9.17) is 10.5 Å². The Kier molecular flexibility index (Phi) is 2.55. The zero-order valence-electron chi connectivity index (χ0n) is 9.70. The molecule has 2 fully saturated rings. The second-order valence-corrected chi connectivity index (χ2v) is 4.72. The van der Waals surface area contributed by atoms with E-state index in [0.29, 0.717) is 11.9 Å². The van der Waals surface area contributed by atoms with E-state index in [-0.39, 0.29) is 23.7 Å². The third kappa shape index (κ3) is 1.86. The first-order valence-electron chi connectivity index (χ1n) is 5.96. The predicted molar refractivity (Wildman–Crippen MR) is 65.2 cm³/mol. The number of hydrogen-bond acceptors (Lipinski definition) is 6. The van der Waals surface area contributed by atoms with E-state index in [9.17, 15) is 10.1 Å². The first-order valence-corrected chi connectivity index (χ1v) is 5.96. The van der Waals surface area contributed by atoms with Crippen LogP contribution in [0.4, 0.5) is 17.3 Å². The number of aromatic nitrogens is 1. The lowest BCUT2D eigenvalue weighted by Crippen LogP contribution is -2.30. The highest BCUT2D eigenvalue weighted by molar-refractivity contribution is 5.57. The second-order valence-electron chi connectivity index (χ2n) is 4.72. The summed E-state index contributed by atoms with van der Waals surface area (Å²) < 4.78 is 5.72. The quantitative estimate of drug-likeness (QED) is 0.619. The SMILES string of the molecule is Nc1nc(NC2CC3CCC2O3)ccc1[N+](=O)[O-]. The van der Waals surface area contributed by atoms with Gasteiger partial charge in [0, 0.05) is 6.07 Å². The molecule has 0 aliphatic carbocycles. The minimum atomic E-state index is -0.535. The molecule has 3 atom stereocenters. The lowest BCUT2D eigenvalue weighted by atomic mass is 9.95. The fourth-order valence-electron chi connectivity index (χ4n) is 2.68. The number of rotatable bonds is 3. The van der Waals surface area contributed by atoms with E-state index in [1.807, 2.05) is 0 Å². The first-order chi connectivity index (χ1) is 8.63. The number of anilines is 2. The summed E-state index contributed by atoms with van der Waals surface area (Å²) in [7, 11) is 0. The van der Waals surface area contributed by atoms with Crippen LogP contribution < -0.4 is 11.1 Å². The molecule has 7 heteroatoms. The van der Waals surface area contributed by atoms with Crippen molar-refractivity contribution in [1.29, 1.82) is 0 Å². The van der Waals surface area contributed by atoms with Gasteiger partial charge < -0.3 is 15.8 Å². The Balaban J connectivity index is 1.74. The number of pyridine rings is 1. The maximum Gasteiger partial charge on any atom is 0.311 e. The summed E-state index contributed by atoms with van der Waals surface area (Å²) in [6, 6.07) is 3.19. The molecule has 3 rings (SSSR count). The van der Waals surface area contributed by atoms with Crippen LogP contribution in [-0.2, 0) is 4.74 Å². The molecule has 0 radical (unpaired) electrons. The molecule has 7 nitrogen and oxygen atoms in total. The van der Waals surface area contributed by atoms with Crippen LogP contribution in [0.2, 0.25) is 0 Å². The molecule has 2 saturated heterocycles. The van der Waals surface area contributed by atoms with Crippen LogP contribution in [0.3, 0.4) is 0 Å². The van der Waals surface area contributed by atoms with Crippen molar-refractivity contribution < 1.29 is 9.66 Å². The van der Waals surface area contributed by atoms with Crippen molar-refractivity contribution in [2.24, 2.45) is 0 Å². The number of nitrogens with zero attached hydrogens (tertiary/aromatic N) is 2. The molecule has 0 saturated carbocycles. The summed E-state index contributed by atoms with van der Waals surface area (Å²) in [5.41, 5.74) is 5.39. The number of hydrogen-bond donors (Lipinski definition) is 2. The molecule has 0 amide bonds. The van der Waals surface area contributed by atoms with Crippen LogP contribution in [0.1, 0.15) is 19.3 Å². The minimum absolute atomic E-state index is 0.0610. The van der Waals surface area contributed by atoms with Crippen molar-refractivity contribution in [3.63, 3.8) is 0 Å². The van der Waals surface area contributed by atoms with Crippen LogP contribution in [0, 0.1) is 10.1 Å². The molecule has 2 aliphatic rings. The molecule has 3 N–H and O–H groups in total. The average molecular weight is 250 g/mol. The Morgan fingerprint density at radius 2 is 2.33 bits per heavy atom. The normalized spacial score (nSPS) is 29.4. The molecule has 96 valence electrons. The predicted octanol–water partition coefficient (Wildman–Crippen LogP) is 1.30. The molecule has 18 heavy (non-hydrogen) atoms. The van der Waals surface area contributed by atoms with E-state index in [1.54, 1.807) is 6.07 Å². The van der Waals surface area contributed by atoms with Crippen LogP contribution in [-0.4, -0.2) is 28.2 Å². The van der Waals surface area contributed by atoms with E-state index in [1.165, 1.54) is 6.07 Å². The van der Waals surface area contributed by atoms with Crippen molar-refractivity contribution in [3.05, 3.63) is 22.2 Å². The van der Waals surface area contributed by atoms with Crippen LogP contribution in [0.25, 0.3) is 0 Å². The maximum absolute atomic E-state index is 10.6. The fourth-order valence-corrected chi connectivity index (χ4v) is 2.68. The molecule has 2 aliphatic heterocycles. The van der Waals surface area contributed by atoms with Crippen molar-refractivity contribution in [2.75, 3.05) is 11.1 Å². The molecule has 2 bridgehead atoms. The van der Waals surface area contributed by atoms with Crippen LogP contribution in [0.5, 0.6) is 0 Å². The number of fused-ring (bicyclic) bond motifs is 2. The summed E-state index contributed by atoms with van der Waals surface area (Å²) in [6.45, 7) is 0. The summed E-state index contributed by atoms with van der Waals surface area (Å²) in [4.78, 5) is 14.1. The number of nitro groups is 1. The van der Waals surface area contributed by atoms with Gasteiger partial charge in [0.1, 0.15) is 5.82 Å². The smallest absolute Gasteiger partial charge is 0.311 e. The Morgan fingerprint density at radius 3 is 2.89 bits per heavy atom. The topological polar surface area (TPSA) is 103 Å². The molecule has 1 aromatic heterocycles. The minimum Gasteiger partial charge on any atom is -0.378 e. The number of nitrogen functional groups attached to an aromatic ring is 1. The molecule has 0 spiro atoms. The monoisotopic (exact) mass is 250 g/mol. The number of nitrogens with two attached hydrogens (primary N) is 1. The standard InChI is InChI=1S/C11H14N4O3/c12-11-8(15(16)17)2-4-10(14-11)13-7-5-6-1-3-9(7)18-6/h2,4,6-7,9H,1,3,5H2,(H3,12,13,14). The molecule has 3 unspecified atom stereocenters. The Hall–Kier alpha value is -1.89. The zero-order chi connectivity index (χ0) is 12.7. The van der Waals surface area contributed by atoms with Gasteiger partial charge >= 0.3 is 5.69 Å². The summed E-state index contributed by atoms with van der Waals surface area (Å²) >= 11 is 0. The van der Waals surface area contributed by atoms with Gasteiger partial charge in [0.2, 0.25) is 5.82 Å². The van der Waals surface area contributed by atoms with E-state index in [2.05, 4.69) is 10.3 Å². The first kappa shape index (κ1) is 11.2. The third-order valence-corrected chi connectivity index (χ3v) is 3.54. The van der Waals surface area contributed by atoms with Crippen LogP contribution in [0.15, 0.2) is 12.1 Å². The molecular formula is C11H14N4O3.